The predicted octanol–water partition coefficient (Wildman–Crippen LogP) is 7.16. The van der Waals surface area contributed by atoms with Crippen LogP contribution in [-0.2, 0) is 20.6 Å². The maximum absolute atomic E-state index is 11.3. The minimum Gasteiger partial charge on any atom is -0.469 e. The Morgan fingerprint density at radius 1 is 1.03 bits per heavy atom. The lowest BCUT2D eigenvalue weighted by Crippen LogP contribution is -2.40. The number of hydrogen-bond acceptors (Lipinski definition) is 4. The van der Waals surface area contributed by atoms with Crippen molar-refractivity contribution in [2.24, 2.45) is 0 Å². The van der Waals surface area contributed by atoms with Crippen LogP contribution in [0.25, 0.3) is 5.57 Å². The molecule has 2 rings (SSSR count). The van der Waals surface area contributed by atoms with Crippen LogP contribution in [0.5, 0.6) is 0 Å². The van der Waals surface area contributed by atoms with Crippen molar-refractivity contribution >= 4 is 19.9 Å². The Bertz CT molecular complexity index is 868. The average molecular weight is 454 g/mol. The van der Waals surface area contributed by atoms with Crippen LogP contribution in [0.4, 0.5) is 0 Å². The van der Waals surface area contributed by atoms with Crippen molar-refractivity contribution in [3.63, 3.8) is 0 Å². The first-order chi connectivity index (χ1) is 15.1. The fraction of sp³-hybridized carbons (Fsp3) is 0.481. The summed E-state index contributed by atoms with van der Waals surface area (Å²) in [5.74, 6) is -0.130. The van der Waals surface area contributed by atoms with Crippen molar-refractivity contribution in [2.45, 2.75) is 77.6 Å². The molecular formula is C27H39NO3Si. The molecular weight excluding hydrogens is 414 g/mol. The third-order valence-corrected chi connectivity index (χ3v) is 10.8. The molecule has 0 bridgehead atoms. The van der Waals surface area contributed by atoms with Crippen LogP contribution in [0.1, 0.15) is 69.6 Å². The van der Waals surface area contributed by atoms with Gasteiger partial charge in [-0.15, -0.1) is 0 Å². The number of carbonyl (C=O) groups is 1. The zero-order valence-electron chi connectivity index (χ0n) is 20.6. The number of esters is 1. The van der Waals surface area contributed by atoms with E-state index in [1.165, 1.54) is 23.8 Å². The van der Waals surface area contributed by atoms with Gasteiger partial charge in [0.1, 0.15) is 0 Å². The zero-order valence-corrected chi connectivity index (χ0v) is 21.6. The number of aromatic nitrogens is 1. The van der Waals surface area contributed by atoms with Gasteiger partial charge in [-0.2, -0.15) is 0 Å². The Morgan fingerprint density at radius 3 is 2.34 bits per heavy atom. The van der Waals surface area contributed by atoms with E-state index in [1.807, 2.05) is 12.3 Å². The normalized spacial score (nSPS) is 12.6. The van der Waals surface area contributed by atoms with E-state index in [2.05, 4.69) is 75.3 Å². The maximum atomic E-state index is 11.3. The Labute approximate surface area is 195 Å². The second kappa shape index (κ2) is 12.1. The molecule has 0 aliphatic rings. The molecule has 0 unspecified atom stereocenters. The summed E-state index contributed by atoms with van der Waals surface area (Å²) < 4.78 is 11.1. The molecule has 32 heavy (non-hydrogen) atoms. The molecule has 0 aliphatic heterocycles. The van der Waals surface area contributed by atoms with Gasteiger partial charge in [-0.25, -0.2) is 0 Å². The van der Waals surface area contributed by atoms with Crippen molar-refractivity contribution < 1.29 is 14.0 Å². The highest BCUT2D eigenvalue weighted by Crippen LogP contribution is 2.37. The third-order valence-electron chi connectivity index (χ3n) is 6.30. The summed E-state index contributed by atoms with van der Waals surface area (Å²) in [7, 11) is -0.322. The van der Waals surface area contributed by atoms with Gasteiger partial charge >= 0.3 is 5.97 Å². The van der Waals surface area contributed by atoms with E-state index in [0.29, 0.717) is 13.0 Å². The Balaban J connectivity index is 2.06. The Hall–Kier alpha value is -2.24. The first-order valence-electron chi connectivity index (χ1n) is 11.5. The highest BCUT2D eigenvalue weighted by atomic mass is 28.4. The van der Waals surface area contributed by atoms with Crippen LogP contribution < -0.4 is 0 Å². The van der Waals surface area contributed by atoms with Gasteiger partial charge in [0.15, 0.2) is 8.32 Å². The van der Waals surface area contributed by atoms with Crippen LogP contribution >= 0.6 is 0 Å². The number of hydrogen-bond donors (Lipinski definition) is 0. The molecule has 0 atom stereocenters. The van der Waals surface area contributed by atoms with Gasteiger partial charge in [0, 0.05) is 24.4 Å². The largest absolute Gasteiger partial charge is 0.469 e. The molecule has 0 fully saturated rings. The van der Waals surface area contributed by atoms with Gasteiger partial charge in [-0.05, 0) is 60.2 Å². The SMILES string of the molecule is COC(=O)CCCCC/C=C(\c1ccc(CO[Si](C)(C)C(C)(C)C)cc1)c1cccnc1. The van der Waals surface area contributed by atoms with E-state index in [9.17, 15) is 4.79 Å². The molecule has 4 nitrogen and oxygen atoms in total. The van der Waals surface area contributed by atoms with Crippen molar-refractivity contribution in [2.75, 3.05) is 7.11 Å². The molecule has 5 heteroatoms. The van der Waals surface area contributed by atoms with E-state index < -0.39 is 8.32 Å². The van der Waals surface area contributed by atoms with Crippen molar-refractivity contribution in [3.05, 3.63) is 71.6 Å². The second-order valence-electron chi connectivity index (χ2n) is 9.78. The van der Waals surface area contributed by atoms with Gasteiger partial charge in [0.25, 0.3) is 0 Å². The number of rotatable bonds is 11. The second-order valence-corrected chi connectivity index (χ2v) is 14.6. The molecule has 2 aromatic rings. The third kappa shape index (κ3) is 8.03. The molecule has 0 saturated carbocycles. The van der Waals surface area contributed by atoms with Gasteiger partial charge in [-0.3, -0.25) is 9.78 Å². The van der Waals surface area contributed by atoms with Crippen molar-refractivity contribution in [1.82, 2.24) is 4.98 Å². The van der Waals surface area contributed by atoms with Crippen molar-refractivity contribution in [3.8, 4) is 0 Å². The number of nitrogens with zero attached hydrogens (tertiary/aromatic N) is 1. The standard InChI is InChI=1S/C27H39NO3Si/c1-27(2,3)32(5,6)31-21-22-15-17-23(18-16-22)25(24-12-11-19-28-20-24)13-9-7-8-10-14-26(29)30-4/h11-13,15-20H,7-10,14,21H2,1-6H3/b25-13+. The van der Waals surface area contributed by atoms with E-state index in [4.69, 9.17) is 9.16 Å². The number of benzene rings is 1. The molecule has 0 N–H and O–H groups in total. The van der Waals surface area contributed by atoms with E-state index in [1.54, 1.807) is 6.20 Å². The molecule has 1 aromatic carbocycles. The maximum Gasteiger partial charge on any atom is 0.305 e. The lowest BCUT2D eigenvalue weighted by Gasteiger charge is -2.36. The highest BCUT2D eigenvalue weighted by molar-refractivity contribution is 6.74. The lowest BCUT2D eigenvalue weighted by atomic mass is 9.96. The molecule has 0 aliphatic carbocycles. The fourth-order valence-corrected chi connectivity index (χ4v) is 4.08. The molecule has 0 spiro atoms. The van der Waals surface area contributed by atoms with Crippen LogP contribution in [0.3, 0.4) is 0 Å². The summed E-state index contributed by atoms with van der Waals surface area (Å²) in [5.41, 5.74) is 4.70. The number of carbonyl (C=O) groups excluding carboxylic acids is 1. The molecule has 1 heterocycles. The van der Waals surface area contributed by atoms with Crippen LogP contribution in [0.15, 0.2) is 54.9 Å². The summed E-state index contributed by atoms with van der Waals surface area (Å²) >= 11 is 0. The monoisotopic (exact) mass is 453 g/mol. The van der Waals surface area contributed by atoms with Crippen LogP contribution in [-0.4, -0.2) is 26.4 Å². The predicted molar refractivity (Wildman–Crippen MR) is 135 cm³/mol. The fourth-order valence-electron chi connectivity index (χ4n) is 3.12. The van der Waals surface area contributed by atoms with E-state index in [0.717, 1.165) is 31.2 Å². The Morgan fingerprint density at radius 2 is 1.75 bits per heavy atom. The minimum absolute atomic E-state index is 0.130. The van der Waals surface area contributed by atoms with Gasteiger partial charge in [-0.1, -0.05) is 63.6 Å². The van der Waals surface area contributed by atoms with Crippen LogP contribution in [0, 0.1) is 0 Å². The zero-order chi connectivity index (χ0) is 23.6. The molecule has 174 valence electrons. The topological polar surface area (TPSA) is 48.4 Å². The number of methoxy groups -OCH3 is 1. The summed E-state index contributed by atoms with van der Waals surface area (Å²) in [4.78, 5) is 15.6. The first kappa shape index (κ1) is 26.0. The molecule has 1 aromatic heterocycles. The number of allylic oxidation sites excluding steroid dienone is 1. The average Bonchev–Trinajstić information content (AvgIpc) is 2.77. The summed E-state index contributed by atoms with van der Waals surface area (Å²) in [6, 6.07) is 12.8. The Kier molecular flexibility index (Phi) is 9.85. The van der Waals surface area contributed by atoms with Gasteiger partial charge < -0.3 is 9.16 Å². The molecule has 0 saturated heterocycles. The highest BCUT2D eigenvalue weighted by Gasteiger charge is 2.36. The first-order valence-corrected chi connectivity index (χ1v) is 14.5. The number of unbranched alkanes of at least 4 members (excludes halogenated alkanes) is 3. The lowest BCUT2D eigenvalue weighted by molar-refractivity contribution is -0.140. The molecule has 0 amide bonds. The van der Waals surface area contributed by atoms with Gasteiger partial charge in [0.05, 0.1) is 13.7 Å². The molecule has 0 radical (unpaired) electrons. The minimum atomic E-state index is -1.76. The van der Waals surface area contributed by atoms with E-state index >= 15 is 0 Å². The van der Waals surface area contributed by atoms with Crippen LogP contribution in [0.2, 0.25) is 18.1 Å². The summed E-state index contributed by atoms with van der Waals surface area (Å²) in [6.07, 6.45) is 10.4. The summed E-state index contributed by atoms with van der Waals surface area (Å²) in [5, 5.41) is 0.208. The summed E-state index contributed by atoms with van der Waals surface area (Å²) in [6.45, 7) is 12.0. The van der Waals surface area contributed by atoms with E-state index in [-0.39, 0.29) is 11.0 Å². The van der Waals surface area contributed by atoms with Crippen molar-refractivity contribution in [1.29, 1.82) is 0 Å². The van der Waals surface area contributed by atoms with Gasteiger partial charge in [0.2, 0.25) is 0 Å². The smallest absolute Gasteiger partial charge is 0.305 e. The number of ether oxygens (including phenoxy) is 1. The quantitative estimate of drug-likeness (QED) is 0.206. The number of pyridine rings is 1.